The first-order valence-electron chi connectivity index (χ1n) is 9.78. The Labute approximate surface area is 147 Å². The van der Waals surface area contributed by atoms with Crippen molar-refractivity contribution in [3.8, 4) is 6.07 Å². The number of nitrogens with zero attached hydrogens (tertiary/aromatic N) is 1. The van der Waals surface area contributed by atoms with Crippen molar-refractivity contribution in [2.75, 3.05) is 0 Å². The number of rotatable bonds is 14. The SMILES string of the molecule is CCCCCCCCCCCCC/C=C/[C@H]1OC(=O)N[C@H]1CC#N. The second-order valence-corrected chi connectivity index (χ2v) is 6.74. The summed E-state index contributed by atoms with van der Waals surface area (Å²) in [5.74, 6) is 0. The summed E-state index contributed by atoms with van der Waals surface area (Å²) in [6.45, 7) is 2.26. The van der Waals surface area contributed by atoms with Gasteiger partial charge in [-0.05, 0) is 18.9 Å². The third kappa shape index (κ3) is 9.60. The Bertz CT molecular complexity index is 401. The van der Waals surface area contributed by atoms with Gasteiger partial charge in [0.1, 0.15) is 6.10 Å². The number of cyclic esters (lactones) is 1. The molecule has 1 aliphatic rings. The van der Waals surface area contributed by atoms with Gasteiger partial charge >= 0.3 is 6.09 Å². The molecular weight excluding hydrogens is 300 g/mol. The molecule has 1 N–H and O–H groups in total. The maximum absolute atomic E-state index is 11.2. The number of allylic oxidation sites excluding steroid dienone is 1. The van der Waals surface area contributed by atoms with Crippen molar-refractivity contribution in [2.45, 2.75) is 103 Å². The number of ether oxygens (including phenoxy) is 1. The highest BCUT2D eigenvalue weighted by Crippen LogP contribution is 2.15. The van der Waals surface area contributed by atoms with E-state index in [0.29, 0.717) is 6.42 Å². The molecule has 1 heterocycles. The van der Waals surface area contributed by atoms with Gasteiger partial charge in [0.15, 0.2) is 0 Å². The molecule has 1 fully saturated rings. The minimum Gasteiger partial charge on any atom is -0.440 e. The fourth-order valence-electron chi connectivity index (χ4n) is 3.07. The van der Waals surface area contributed by atoms with Crippen molar-refractivity contribution in [3.05, 3.63) is 12.2 Å². The van der Waals surface area contributed by atoms with Crippen LogP contribution < -0.4 is 5.32 Å². The first-order chi connectivity index (χ1) is 11.8. The monoisotopic (exact) mass is 334 g/mol. The number of carbonyl (C=O) groups is 1. The Kier molecular flexibility index (Phi) is 11.9. The van der Waals surface area contributed by atoms with Crippen LogP contribution in [-0.2, 0) is 4.74 Å². The number of hydrogen-bond acceptors (Lipinski definition) is 3. The van der Waals surface area contributed by atoms with E-state index in [1.165, 1.54) is 70.6 Å². The van der Waals surface area contributed by atoms with Crippen LogP contribution in [0, 0.1) is 11.3 Å². The smallest absolute Gasteiger partial charge is 0.408 e. The highest BCUT2D eigenvalue weighted by Gasteiger charge is 2.31. The molecule has 4 nitrogen and oxygen atoms in total. The van der Waals surface area contributed by atoms with E-state index in [4.69, 9.17) is 10.00 Å². The van der Waals surface area contributed by atoms with Crippen molar-refractivity contribution in [2.24, 2.45) is 0 Å². The number of nitriles is 1. The highest BCUT2D eigenvalue weighted by atomic mass is 16.6. The van der Waals surface area contributed by atoms with Crippen LogP contribution in [0.4, 0.5) is 4.79 Å². The lowest BCUT2D eigenvalue weighted by Crippen LogP contribution is -2.29. The molecule has 0 spiro atoms. The minimum atomic E-state index is -0.417. The first kappa shape index (κ1) is 20.5. The number of alkyl carbamates (subject to hydrolysis) is 1. The van der Waals surface area contributed by atoms with Gasteiger partial charge in [0.25, 0.3) is 0 Å². The lowest BCUT2D eigenvalue weighted by Gasteiger charge is -2.09. The van der Waals surface area contributed by atoms with Gasteiger partial charge in [-0.3, -0.25) is 0 Å². The molecule has 136 valence electrons. The number of nitrogens with one attached hydrogen (secondary N) is 1. The molecule has 0 bridgehead atoms. The summed E-state index contributed by atoms with van der Waals surface area (Å²) in [6.07, 6.45) is 19.4. The molecule has 4 heteroatoms. The lowest BCUT2D eigenvalue weighted by molar-refractivity contribution is 0.153. The molecule has 1 saturated heterocycles. The highest BCUT2D eigenvalue weighted by molar-refractivity contribution is 5.70. The van der Waals surface area contributed by atoms with Crippen molar-refractivity contribution in [3.63, 3.8) is 0 Å². The first-order valence-corrected chi connectivity index (χ1v) is 9.78. The van der Waals surface area contributed by atoms with Crippen LogP contribution in [0.3, 0.4) is 0 Å². The van der Waals surface area contributed by atoms with Crippen LogP contribution >= 0.6 is 0 Å². The van der Waals surface area contributed by atoms with Crippen molar-refractivity contribution < 1.29 is 9.53 Å². The van der Waals surface area contributed by atoms with Crippen LogP contribution in [0.5, 0.6) is 0 Å². The van der Waals surface area contributed by atoms with Crippen LogP contribution in [0.1, 0.15) is 90.4 Å². The van der Waals surface area contributed by atoms with Gasteiger partial charge in [-0.1, -0.05) is 77.2 Å². The van der Waals surface area contributed by atoms with Crippen LogP contribution in [0.15, 0.2) is 12.2 Å². The van der Waals surface area contributed by atoms with E-state index >= 15 is 0 Å². The predicted octanol–water partition coefficient (Wildman–Crippen LogP) is 5.63. The molecule has 0 unspecified atom stereocenters. The van der Waals surface area contributed by atoms with E-state index in [1.807, 2.05) is 6.08 Å². The normalized spacial score (nSPS) is 20.1. The standard InChI is InChI=1S/C20H34N2O2/c1-2-3-4-5-6-7-8-9-10-11-12-13-14-15-19-18(16-17-21)22-20(23)24-19/h14-15,18-19H,2-13,16H2,1H3,(H,22,23)/b15-14+/t18-,19+/m0/s1. The average molecular weight is 335 g/mol. The number of carbonyl (C=O) groups excluding carboxylic acids is 1. The Morgan fingerprint density at radius 2 is 1.62 bits per heavy atom. The van der Waals surface area contributed by atoms with Gasteiger partial charge in [-0.15, -0.1) is 0 Å². The lowest BCUT2D eigenvalue weighted by atomic mass is 10.0. The summed E-state index contributed by atoms with van der Waals surface area (Å²) in [6, 6.07) is 1.88. The van der Waals surface area contributed by atoms with Gasteiger partial charge in [0.2, 0.25) is 0 Å². The summed E-state index contributed by atoms with van der Waals surface area (Å²) < 4.78 is 5.15. The molecule has 0 aromatic carbocycles. The quantitative estimate of drug-likeness (QED) is 0.330. The maximum Gasteiger partial charge on any atom is 0.408 e. The van der Waals surface area contributed by atoms with Gasteiger partial charge in [0, 0.05) is 0 Å². The van der Waals surface area contributed by atoms with Gasteiger partial charge in [0.05, 0.1) is 18.5 Å². The number of amides is 1. The zero-order valence-corrected chi connectivity index (χ0v) is 15.3. The molecule has 0 radical (unpaired) electrons. The van der Waals surface area contributed by atoms with Crippen molar-refractivity contribution in [1.29, 1.82) is 5.26 Å². The fraction of sp³-hybridized carbons (Fsp3) is 0.800. The second-order valence-electron chi connectivity index (χ2n) is 6.74. The molecule has 0 aromatic heterocycles. The molecule has 1 aliphatic heterocycles. The summed E-state index contributed by atoms with van der Waals surface area (Å²) in [7, 11) is 0. The summed E-state index contributed by atoms with van der Waals surface area (Å²) in [5.41, 5.74) is 0. The van der Waals surface area contributed by atoms with E-state index < -0.39 is 6.09 Å². The van der Waals surface area contributed by atoms with Crippen molar-refractivity contribution in [1.82, 2.24) is 5.32 Å². The van der Waals surface area contributed by atoms with Gasteiger partial charge < -0.3 is 10.1 Å². The van der Waals surface area contributed by atoms with Crippen LogP contribution in [0.25, 0.3) is 0 Å². The molecule has 1 rings (SSSR count). The topological polar surface area (TPSA) is 62.1 Å². The molecule has 0 saturated carbocycles. The Morgan fingerprint density at radius 1 is 1.04 bits per heavy atom. The second kappa shape index (κ2) is 13.9. The zero-order chi connectivity index (χ0) is 17.5. The molecule has 2 atom stereocenters. The molecule has 1 amide bonds. The van der Waals surface area contributed by atoms with Crippen LogP contribution in [-0.4, -0.2) is 18.2 Å². The summed E-state index contributed by atoms with van der Waals surface area (Å²) in [4.78, 5) is 11.2. The molecule has 0 aliphatic carbocycles. The zero-order valence-electron chi connectivity index (χ0n) is 15.3. The van der Waals surface area contributed by atoms with E-state index in [9.17, 15) is 4.79 Å². The van der Waals surface area contributed by atoms with Gasteiger partial charge in [-0.2, -0.15) is 5.26 Å². The maximum atomic E-state index is 11.2. The fourth-order valence-corrected chi connectivity index (χ4v) is 3.07. The number of unbranched alkanes of at least 4 members (excludes halogenated alkanes) is 11. The third-order valence-electron chi connectivity index (χ3n) is 4.55. The van der Waals surface area contributed by atoms with Crippen molar-refractivity contribution >= 4 is 6.09 Å². The largest absolute Gasteiger partial charge is 0.440 e. The Balaban J connectivity index is 1.93. The van der Waals surface area contributed by atoms with Gasteiger partial charge in [-0.25, -0.2) is 4.79 Å². The van der Waals surface area contributed by atoms with E-state index in [1.54, 1.807) is 0 Å². The summed E-state index contributed by atoms with van der Waals surface area (Å²) >= 11 is 0. The third-order valence-corrected chi connectivity index (χ3v) is 4.55. The molecular formula is C20H34N2O2. The van der Waals surface area contributed by atoms with E-state index in [2.05, 4.69) is 24.4 Å². The van der Waals surface area contributed by atoms with E-state index in [-0.39, 0.29) is 12.1 Å². The number of hydrogen-bond donors (Lipinski definition) is 1. The minimum absolute atomic E-state index is 0.198. The average Bonchev–Trinajstić information content (AvgIpc) is 2.92. The molecule has 0 aromatic rings. The van der Waals surface area contributed by atoms with E-state index in [0.717, 1.165) is 6.42 Å². The Morgan fingerprint density at radius 3 is 2.21 bits per heavy atom. The predicted molar refractivity (Wildman–Crippen MR) is 97.6 cm³/mol. The molecule has 24 heavy (non-hydrogen) atoms. The summed E-state index contributed by atoms with van der Waals surface area (Å²) in [5, 5.41) is 11.4. The van der Waals surface area contributed by atoms with Crippen LogP contribution in [0.2, 0.25) is 0 Å². The Hall–Kier alpha value is -1.50.